The van der Waals surface area contributed by atoms with Crippen LogP contribution in [0.15, 0.2) is 53.5 Å². The fourth-order valence-corrected chi connectivity index (χ4v) is 3.35. The highest BCUT2D eigenvalue weighted by Crippen LogP contribution is 2.19. The highest BCUT2D eigenvalue weighted by molar-refractivity contribution is 14.0. The number of anilines is 1. The Labute approximate surface area is 190 Å². The summed E-state index contributed by atoms with van der Waals surface area (Å²) in [6.45, 7) is 6.67. The minimum absolute atomic E-state index is 0. The summed E-state index contributed by atoms with van der Waals surface area (Å²) in [7, 11) is 0. The second-order valence-corrected chi connectivity index (χ2v) is 7.45. The normalized spacial score (nSPS) is 15.4. The van der Waals surface area contributed by atoms with Crippen molar-refractivity contribution in [3.05, 3.63) is 59.7 Å². The molecule has 0 saturated carbocycles. The lowest BCUT2D eigenvalue weighted by molar-refractivity contribution is 0.112. The third-order valence-corrected chi connectivity index (χ3v) is 4.65. The van der Waals surface area contributed by atoms with Gasteiger partial charge >= 0.3 is 0 Å². The number of rotatable bonds is 7. The van der Waals surface area contributed by atoms with Crippen molar-refractivity contribution in [3.63, 3.8) is 0 Å². The maximum absolute atomic E-state index is 10.3. The highest BCUT2D eigenvalue weighted by Gasteiger charge is 2.18. The lowest BCUT2D eigenvalue weighted by atomic mass is 10.00. The number of benzene rings is 2. The van der Waals surface area contributed by atoms with Gasteiger partial charge in [-0.05, 0) is 55.7 Å². The lowest BCUT2D eigenvalue weighted by Gasteiger charge is -2.30. The molecule has 3 rings (SSSR count). The molecule has 7 heteroatoms. The van der Waals surface area contributed by atoms with Crippen molar-refractivity contribution in [3.8, 4) is 5.75 Å². The Morgan fingerprint density at radius 1 is 1.17 bits per heavy atom. The number of hydrogen-bond donors (Lipinski definition) is 3. The molecule has 1 aliphatic rings. The molecule has 0 spiro atoms. The van der Waals surface area contributed by atoms with Crippen molar-refractivity contribution < 1.29 is 9.84 Å². The Morgan fingerprint density at radius 3 is 2.55 bits per heavy atom. The number of halogens is 1. The number of aliphatic hydroxyl groups is 1. The van der Waals surface area contributed by atoms with E-state index in [2.05, 4.69) is 39.5 Å². The number of nitrogens with zero attached hydrogens (tertiary/aromatic N) is 2. The van der Waals surface area contributed by atoms with E-state index in [0.29, 0.717) is 12.5 Å². The van der Waals surface area contributed by atoms with E-state index in [1.165, 1.54) is 11.1 Å². The zero-order valence-electron chi connectivity index (χ0n) is 17.0. The minimum Gasteiger partial charge on any atom is -0.491 e. The van der Waals surface area contributed by atoms with Crippen molar-refractivity contribution in [2.24, 2.45) is 10.7 Å². The molecule has 0 fully saturated rings. The largest absolute Gasteiger partial charge is 0.491 e. The zero-order chi connectivity index (χ0) is 19.9. The molecule has 1 unspecified atom stereocenters. The third-order valence-electron chi connectivity index (χ3n) is 4.65. The SMILES string of the molecule is CC(C)Oc1ccc(NC(N)=NCC(O)CN2CCc3ccccc3C2)cc1.I. The second-order valence-electron chi connectivity index (χ2n) is 7.45. The van der Waals surface area contributed by atoms with Gasteiger partial charge in [-0.3, -0.25) is 9.89 Å². The molecule has 0 aliphatic carbocycles. The fraction of sp³-hybridized carbons (Fsp3) is 0.409. The number of aliphatic imine (C=N–C) groups is 1. The minimum atomic E-state index is -0.549. The van der Waals surface area contributed by atoms with Crippen molar-refractivity contribution in [1.82, 2.24) is 4.90 Å². The summed E-state index contributed by atoms with van der Waals surface area (Å²) >= 11 is 0. The number of guanidine groups is 1. The van der Waals surface area contributed by atoms with Gasteiger partial charge < -0.3 is 20.9 Å². The molecule has 0 aromatic heterocycles. The molecule has 2 aromatic carbocycles. The van der Waals surface area contributed by atoms with Crippen molar-refractivity contribution in [2.75, 3.05) is 25.0 Å². The molecule has 158 valence electrons. The quantitative estimate of drug-likeness (QED) is 0.303. The monoisotopic (exact) mass is 510 g/mol. The number of β-amino-alcohol motifs (C(OH)–C–C–N with tert-alkyl or cyclic N) is 1. The van der Waals surface area contributed by atoms with Crippen LogP contribution in [0, 0.1) is 0 Å². The summed E-state index contributed by atoms with van der Waals surface area (Å²) in [5.41, 5.74) is 9.54. The molecule has 1 atom stereocenters. The third kappa shape index (κ3) is 7.49. The molecule has 1 heterocycles. The molecule has 6 nitrogen and oxygen atoms in total. The molecule has 29 heavy (non-hydrogen) atoms. The van der Waals surface area contributed by atoms with E-state index in [1.807, 2.05) is 38.1 Å². The van der Waals surface area contributed by atoms with E-state index in [-0.39, 0.29) is 36.6 Å². The van der Waals surface area contributed by atoms with Gasteiger partial charge in [0.25, 0.3) is 0 Å². The molecule has 2 aromatic rings. The standard InChI is InChI=1S/C22H30N4O2.HI/c1-16(2)28-21-9-7-19(8-10-21)25-22(23)24-13-20(27)15-26-12-11-17-5-3-4-6-18(17)14-26;/h3-10,16,20,27H,11-15H2,1-2H3,(H3,23,24,25);1H. The van der Waals surface area contributed by atoms with Gasteiger partial charge in [0, 0.05) is 25.3 Å². The first-order chi connectivity index (χ1) is 13.5. The molecule has 0 bridgehead atoms. The van der Waals surface area contributed by atoms with E-state index in [9.17, 15) is 5.11 Å². The van der Waals surface area contributed by atoms with Crippen molar-refractivity contribution in [1.29, 1.82) is 0 Å². The van der Waals surface area contributed by atoms with Crippen LogP contribution in [0.2, 0.25) is 0 Å². The fourth-order valence-electron chi connectivity index (χ4n) is 3.35. The van der Waals surface area contributed by atoms with E-state index in [4.69, 9.17) is 10.5 Å². The van der Waals surface area contributed by atoms with E-state index in [1.54, 1.807) is 0 Å². The van der Waals surface area contributed by atoms with Crippen LogP contribution < -0.4 is 15.8 Å². The average Bonchev–Trinajstić information content (AvgIpc) is 2.67. The van der Waals surface area contributed by atoms with Gasteiger partial charge in [0.1, 0.15) is 5.75 Å². The number of fused-ring (bicyclic) bond motifs is 1. The van der Waals surface area contributed by atoms with Crippen LogP contribution in [0.5, 0.6) is 5.75 Å². The number of aliphatic hydroxyl groups excluding tert-OH is 1. The Balaban J connectivity index is 0.00000300. The first kappa shape index (κ1) is 23.4. The number of nitrogens with two attached hydrogens (primary N) is 1. The van der Waals surface area contributed by atoms with E-state index >= 15 is 0 Å². The Bertz CT molecular complexity index is 796. The number of nitrogens with one attached hydrogen (secondary N) is 1. The Morgan fingerprint density at radius 2 is 1.86 bits per heavy atom. The van der Waals surface area contributed by atoms with Gasteiger partial charge in [-0.1, -0.05) is 24.3 Å². The van der Waals surface area contributed by atoms with Crippen LogP contribution in [-0.2, 0) is 13.0 Å². The van der Waals surface area contributed by atoms with Crippen LogP contribution in [0.3, 0.4) is 0 Å². The predicted molar refractivity (Wildman–Crippen MR) is 129 cm³/mol. The second kappa shape index (κ2) is 11.4. The van der Waals surface area contributed by atoms with Crippen molar-refractivity contribution in [2.45, 2.75) is 39.0 Å². The molecule has 4 N–H and O–H groups in total. The maximum atomic E-state index is 10.3. The van der Waals surface area contributed by atoms with Gasteiger partial charge in [0.15, 0.2) is 5.96 Å². The van der Waals surface area contributed by atoms with Gasteiger partial charge in [-0.25, -0.2) is 0 Å². The van der Waals surface area contributed by atoms with Crippen LogP contribution in [0.25, 0.3) is 0 Å². The van der Waals surface area contributed by atoms with E-state index < -0.39 is 6.10 Å². The molecule has 0 amide bonds. The zero-order valence-corrected chi connectivity index (χ0v) is 19.4. The van der Waals surface area contributed by atoms with Gasteiger partial charge in [-0.15, -0.1) is 24.0 Å². The lowest BCUT2D eigenvalue weighted by Crippen LogP contribution is -2.38. The van der Waals surface area contributed by atoms with Crippen LogP contribution in [0.1, 0.15) is 25.0 Å². The summed E-state index contributed by atoms with van der Waals surface area (Å²) in [6.07, 6.45) is 0.611. The molecule has 1 aliphatic heterocycles. The summed E-state index contributed by atoms with van der Waals surface area (Å²) in [6, 6.07) is 16.0. The highest BCUT2D eigenvalue weighted by atomic mass is 127. The van der Waals surface area contributed by atoms with Crippen LogP contribution in [0.4, 0.5) is 5.69 Å². The Hall–Kier alpha value is -1.84. The predicted octanol–water partition coefficient (Wildman–Crippen LogP) is 3.24. The topological polar surface area (TPSA) is 83.1 Å². The molecular weight excluding hydrogens is 479 g/mol. The molecule has 0 saturated heterocycles. The van der Waals surface area contributed by atoms with Crippen molar-refractivity contribution >= 4 is 35.6 Å². The summed E-state index contributed by atoms with van der Waals surface area (Å²) < 4.78 is 5.62. The van der Waals surface area contributed by atoms with Gasteiger partial charge in [0.05, 0.1) is 18.8 Å². The first-order valence-corrected chi connectivity index (χ1v) is 9.80. The molecular formula is C22H31IN4O2. The van der Waals surface area contributed by atoms with Gasteiger partial charge in [-0.2, -0.15) is 0 Å². The number of hydrogen-bond acceptors (Lipinski definition) is 4. The smallest absolute Gasteiger partial charge is 0.193 e. The van der Waals surface area contributed by atoms with Crippen LogP contribution >= 0.6 is 24.0 Å². The summed E-state index contributed by atoms with van der Waals surface area (Å²) in [5.74, 6) is 1.11. The molecule has 0 radical (unpaired) electrons. The maximum Gasteiger partial charge on any atom is 0.193 e. The summed E-state index contributed by atoms with van der Waals surface area (Å²) in [5, 5.41) is 13.4. The van der Waals surface area contributed by atoms with E-state index in [0.717, 1.165) is 30.9 Å². The van der Waals surface area contributed by atoms with Gasteiger partial charge in [0.2, 0.25) is 0 Å². The number of ether oxygens (including phenoxy) is 1. The Kier molecular flexibility index (Phi) is 9.19. The van der Waals surface area contributed by atoms with Crippen LogP contribution in [-0.4, -0.2) is 47.8 Å². The summed E-state index contributed by atoms with van der Waals surface area (Å²) in [4.78, 5) is 6.54. The average molecular weight is 510 g/mol. The first-order valence-electron chi connectivity index (χ1n) is 9.80.